The van der Waals surface area contributed by atoms with E-state index < -0.39 is 11.4 Å². The third-order valence-corrected chi connectivity index (χ3v) is 3.57. The second-order valence-corrected chi connectivity index (χ2v) is 5.02. The zero-order chi connectivity index (χ0) is 14.8. The quantitative estimate of drug-likeness (QED) is 0.834. The molecule has 1 aliphatic rings. The summed E-state index contributed by atoms with van der Waals surface area (Å²) < 4.78 is 10.7. The van der Waals surface area contributed by atoms with Gasteiger partial charge in [0.05, 0.1) is 31.4 Å². The Kier molecular flexibility index (Phi) is 4.08. The number of hydrogen-bond acceptors (Lipinski definition) is 6. The Labute approximate surface area is 117 Å². The highest BCUT2D eigenvalue weighted by Gasteiger charge is 2.47. The number of carboxylic acid groups (broad SMARTS) is 1. The van der Waals surface area contributed by atoms with E-state index in [1.807, 2.05) is 13.8 Å². The molecular formula is C13H19N3O4. The van der Waals surface area contributed by atoms with Crippen LogP contribution in [0.2, 0.25) is 0 Å². The predicted molar refractivity (Wildman–Crippen MR) is 71.9 cm³/mol. The fourth-order valence-corrected chi connectivity index (χ4v) is 2.11. The number of anilines is 1. The summed E-state index contributed by atoms with van der Waals surface area (Å²) in [5, 5.41) is 12.5. The van der Waals surface area contributed by atoms with Crippen LogP contribution in [0.3, 0.4) is 0 Å². The van der Waals surface area contributed by atoms with Crippen molar-refractivity contribution in [2.24, 2.45) is 5.41 Å². The average molecular weight is 281 g/mol. The molecule has 0 amide bonds. The summed E-state index contributed by atoms with van der Waals surface area (Å²) in [5.74, 6) is 0.191. The summed E-state index contributed by atoms with van der Waals surface area (Å²) in [6.45, 7) is 6.40. The Hall–Kier alpha value is -1.89. The normalized spacial score (nSPS) is 25.4. The van der Waals surface area contributed by atoms with E-state index in [0.717, 1.165) is 5.56 Å². The van der Waals surface area contributed by atoms with E-state index in [4.69, 9.17) is 9.47 Å². The average Bonchev–Trinajstić information content (AvgIpc) is 2.77. The van der Waals surface area contributed by atoms with Gasteiger partial charge >= 0.3 is 5.97 Å². The summed E-state index contributed by atoms with van der Waals surface area (Å²) in [5.41, 5.74) is -0.211. The Morgan fingerprint density at radius 1 is 1.65 bits per heavy atom. The second-order valence-electron chi connectivity index (χ2n) is 5.02. The zero-order valence-electron chi connectivity index (χ0n) is 11.8. The molecule has 2 unspecified atom stereocenters. The van der Waals surface area contributed by atoms with Crippen molar-refractivity contribution in [2.45, 2.75) is 26.8 Å². The van der Waals surface area contributed by atoms with Gasteiger partial charge in [-0.1, -0.05) is 0 Å². The number of ether oxygens (including phenoxy) is 2. The van der Waals surface area contributed by atoms with Crippen molar-refractivity contribution < 1.29 is 19.4 Å². The molecule has 0 aliphatic carbocycles. The van der Waals surface area contributed by atoms with Crippen molar-refractivity contribution in [2.75, 3.05) is 25.1 Å². The lowest BCUT2D eigenvalue weighted by molar-refractivity contribution is -0.148. The number of aliphatic carboxylic acids is 1. The lowest BCUT2D eigenvalue weighted by Crippen LogP contribution is -2.43. The molecule has 2 N–H and O–H groups in total. The van der Waals surface area contributed by atoms with Gasteiger partial charge < -0.3 is 19.9 Å². The largest absolute Gasteiger partial charge is 0.481 e. The molecular weight excluding hydrogens is 262 g/mol. The molecule has 7 nitrogen and oxygen atoms in total. The third kappa shape index (κ3) is 2.53. The van der Waals surface area contributed by atoms with E-state index in [9.17, 15) is 9.90 Å². The highest BCUT2D eigenvalue weighted by Crippen LogP contribution is 2.32. The number of hydrogen-bond donors (Lipinski definition) is 2. The summed E-state index contributed by atoms with van der Waals surface area (Å²) >= 11 is 0. The first-order valence-electron chi connectivity index (χ1n) is 6.51. The number of carbonyl (C=O) groups is 1. The smallest absolute Gasteiger partial charge is 0.313 e. The molecule has 1 aromatic rings. The van der Waals surface area contributed by atoms with Crippen LogP contribution in [0.15, 0.2) is 6.33 Å². The maximum absolute atomic E-state index is 11.4. The van der Waals surface area contributed by atoms with Crippen LogP contribution in [0, 0.1) is 12.3 Å². The van der Waals surface area contributed by atoms with Crippen LogP contribution in [-0.2, 0) is 9.53 Å². The molecule has 7 heteroatoms. The Balaban J connectivity index is 2.22. The van der Waals surface area contributed by atoms with Crippen molar-refractivity contribution in [3.05, 3.63) is 11.9 Å². The fourth-order valence-electron chi connectivity index (χ4n) is 2.11. The van der Waals surface area contributed by atoms with Crippen LogP contribution in [-0.4, -0.2) is 46.9 Å². The molecule has 20 heavy (non-hydrogen) atoms. The highest BCUT2D eigenvalue weighted by molar-refractivity contribution is 5.76. The maximum Gasteiger partial charge on any atom is 0.313 e. The van der Waals surface area contributed by atoms with Gasteiger partial charge in [0.15, 0.2) is 0 Å². The zero-order valence-corrected chi connectivity index (χ0v) is 11.8. The second kappa shape index (κ2) is 5.62. The first-order valence-corrected chi connectivity index (χ1v) is 6.51. The van der Waals surface area contributed by atoms with E-state index in [-0.39, 0.29) is 12.6 Å². The van der Waals surface area contributed by atoms with E-state index in [0.29, 0.717) is 24.9 Å². The standard InChI is InChI=1S/C13H19N3O4/c1-4-20-11-8(2)10(14-7-15-11)16-9-5-19-6-13(9,3)12(17)18/h7,9H,4-6H2,1-3H3,(H,17,18)(H,14,15,16). The summed E-state index contributed by atoms with van der Waals surface area (Å²) in [4.78, 5) is 19.6. The molecule has 2 atom stereocenters. The molecule has 2 heterocycles. The Morgan fingerprint density at radius 2 is 2.40 bits per heavy atom. The van der Waals surface area contributed by atoms with Gasteiger partial charge in [-0.3, -0.25) is 4.79 Å². The molecule has 0 radical (unpaired) electrons. The molecule has 1 aliphatic heterocycles. The maximum atomic E-state index is 11.4. The van der Waals surface area contributed by atoms with Gasteiger partial charge in [0.2, 0.25) is 5.88 Å². The van der Waals surface area contributed by atoms with Crippen LogP contribution in [0.1, 0.15) is 19.4 Å². The lowest BCUT2D eigenvalue weighted by atomic mass is 9.85. The monoisotopic (exact) mass is 281 g/mol. The van der Waals surface area contributed by atoms with Gasteiger partial charge in [-0.2, -0.15) is 0 Å². The number of rotatable bonds is 5. The van der Waals surface area contributed by atoms with Crippen LogP contribution in [0.25, 0.3) is 0 Å². The first kappa shape index (κ1) is 14.5. The van der Waals surface area contributed by atoms with Crippen molar-refractivity contribution in [3.8, 4) is 5.88 Å². The van der Waals surface area contributed by atoms with E-state index in [1.54, 1.807) is 6.92 Å². The van der Waals surface area contributed by atoms with Crippen LogP contribution >= 0.6 is 0 Å². The van der Waals surface area contributed by atoms with E-state index in [1.165, 1.54) is 6.33 Å². The van der Waals surface area contributed by atoms with Gasteiger partial charge in [-0.15, -0.1) is 0 Å². The predicted octanol–water partition coefficient (Wildman–Crippen LogP) is 1.09. The summed E-state index contributed by atoms with van der Waals surface area (Å²) in [7, 11) is 0. The van der Waals surface area contributed by atoms with Crippen molar-refractivity contribution >= 4 is 11.8 Å². The molecule has 110 valence electrons. The topological polar surface area (TPSA) is 93.6 Å². The lowest BCUT2D eigenvalue weighted by Gasteiger charge is -2.26. The van der Waals surface area contributed by atoms with Crippen LogP contribution in [0.4, 0.5) is 5.82 Å². The number of carboxylic acids is 1. The molecule has 2 rings (SSSR count). The van der Waals surface area contributed by atoms with Crippen molar-refractivity contribution in [1.82, 2.24) is 9.97 Å². The number of nitrogens with one attached hydrogen (secondary N) is 1. The Morgan fingerprint density at radius 3 is 3.05 bits per heavy atom. The highest BCUT2D eigenvalue weighted by atomic mass is 16.5. The molecule has 1 aromatic heterocycles. The first-order chi connectivity index (χ1) is 9.49. The van der Waals surface area contributed by atoms with Gasteiger partial charge in [-0.05, 0) is 20.8 Å². The summed E-state index contributed by atoms with van der Waals surface area (Å²) in [6, 6.07) is -0.344. The third-order valence-electron chi connectivity index (χ3n) is 3.57. The molecule has 0 aromatic carbocycles. The van der Waals surface area contributed by atoms with Gasteiger partial charge in [-0.25, -0.2) is 9.97 Å². The number of aromatic nitrogens is 2. The molecule has 0 saturated carbocycles. The van der Waals surface area contributed by atoms with Crippen molar-refractivity contribution in [3.63, 3.8) is 0 Å². The van der Waals surface area contributed by atoms with Gasteiger partial charge in [0.1, 0.15) is 17.6 Å². The molecule has 0 spiro atoms. The van der Waals surface area contributed by atoms with Crippen LogP contribution < -0.4 is 10.1 Å². The van der Waals surface area contributed by atoms with Crippen molar-refractivity contribution in [1.29, 1.82) is 0 Å². The molecule has 1 saturated heterocycles. The fraction of sp³-hybridized carbons (Fsp3) is 0.615. The minimum Gasteiger partial charge on any atom is -0.481 e. The van der Waals surface area contributed by atoms with E-state index >= 15 is 0 Å². The van der Waals surface area contributed by atoms with E-state index in [2.05, 4.69) is 15.3 Å². The Bertz CT molecular complexity index is 508. The van der Waals surface area contributed by atoms with Gasteiger partial charge in [0.25, 0.3) is 0 Å². The minimum absolute atomic E-state index is 0.183. The van der Waals surface area contributed by atoms with Crippen LogP contribution in [0.5, 0.6) is 5.88 Å². The molecule has 0 bridgehead atoms. The minimum atomic E-state index is -0.969. The molecule has 1 fully saturated rings. The number of nitrogens with zero attached hydrogens (tertiary/aromatic N) is 2. The van der Waals surface area contributed by atoms with Gasteiger partial charge in [0, 0.05) is 0 Å². The summed E-state index contributed by atoms with van der Waals surface area (Å²) in [6.07, 6.45) is 1.40. The SMILES string of the molecule is CCOc1ncnc(NC2COCC2(C)C(=O)O)c1C.